The van der Waals surface area contributed by atoms with Crippen LogP contribution in [0.4, 0.5) is 35.1 Å². The van der Waals surface area contributed by atoms with Gasteiger partial charge in [0, 0.05) is 0 Å². The average molecular weight is 1060 g/mol. The summed E-state index contributed by atoms with van der Waals surface area (Å²) in [6.45, 7) is 0. The minimum atomic E-state index is -7.68. The van der Waals surface area contributed by atoms with Crippen LogP contribution < -0.4 is 21.5 Å². The molecule has 18 heteroatoms. The first-order chi connectivity index (χ1) is 27.1. The van der Waals surface area contributed by atoms with Crippen molar-refractivity contribution in [1.82, 2.24) is 0 Å². The van der Waals surface area contributed by atoms with E-state index in [4.69, 9.17) is 0 Å². The Balaban J connectivity index is 0.000000192. The zero-order valence-corrected chi connectivity index (χ0v) is 37.0. The van der Waals surface area contributed by atoms with Gasteiger partial charge in [0.15, 0.2) is 20.2 Å². The molecule has 0 unspecified atom stereocenters. The van der Waals surface area contributed by atoms with Crippen molar-refractivity contribution in [3.63, 3.8) is 0 Å². The van der Waals surface area contributed by atoms with Crippen molar-refractivity contribution in [2.24, 2.45) is 0 Å². The topological polar surface area (TPSA) is 114 Å². The van der Waals surface area contributed by atoms with Crippen molar-refractivity contribution in [2.45, 2.75) is 22.4 Å². The van der Waals surface area contributed by atoms with E-state index in [0.29, 0.717) is 0 Å². The van der Waals surface area contributed by atoms with Gasteiger partial charge in [-0.2, -0.15) is 35.1 Å². The summed E-state index contributed by atoms with van der Waals surface area (Å²) in [7, 11) is -15.2. The molecule has 0 aliphatic carbocycles. The van der Waals surface area contributed by atoms with Crippen LogP contribution in [0.15, 0.2) is 182 Å². The molecule has 58 heavy (non-hydrogen) atoms. The van der Waals surface area contributed by atoms with Gasteiger partial charge in [-0.1, -0.05) is 0 Å². The molecule has 0 bridgehead atoms. The third-order valence-corrected chi connectivity index (χ3v) is 25.5. The van der Waals surface area contributed by atoms with Crippen molar-refractivity contribution in [3.05, 3.63) is 182 Å². The standard InChI is InChI=1S/6C6H5.C4H2F8O6S2.2Sn/c6*1-2-4-6-5-3-1;5-1(6,3(9,10)19(13,14)15)2(7,8)4(11,12)20(16,17)18;;/h6*1-5H;(H,13,14,15)(H,16,17,18);;/q;;;;;;;2*+1/p-2. The Hall–Kier alpha value is -3.82. The zero-order chi connectivity index (χ0) is 42.8. The molecule has 6 aromatic rings. The van der Waals surface area contributed by atoms with Gasteiger partial charge in [-0.15, -0.1) is 0 Å². The summed E-state index contributed by atoms with van der Waals surface area (Å²) in [6, 6.07) is 65.9. The van der Waals surface area contributed by atoms with Crippen molar-refractivity contribution in [1.29, 1.82) is 0 Å². The Morgan fingerprint density at radius 3 is 0.569 bits per heavy atom. The van der Waals surface area contributed by atoms with Crippen LogP contribution >= 0.6 is 0 Å². The molecular weight excluding hydrogens is 1030 g/mol. The Kier molecular flexibility index (Phi) is 15.8. The van der Waals surface area contributed by atoms with E-state index in [1.54, 1.807) is 0 Å². The summed E-state index contributed by atoms with van der Waals surface area (Å²) in [5, 5.41) is -14.6. The number of halogens is 8. The van der Waals surface area contributed by atoms with Crippen LogP contribution in [0.3, 0.4) is 0 Å². The second-order valence-corrected chi connectivity index (χ2v) is 29.0. The molecule has 6 aromatic carbocycles. The Morgan fingerprint density at radius 1 is 0.310 bits per heavy atom. The summed E-state index contributed by atoms with van der Waals surface area (Å²) in [6.07, 6.45) is 0. The maximum absolute atomic E-state index is 12.5. The van der Waals surface area contributed by atoms with Gasteiger partial charge in [-0.05, 0) is 0 Å². The van der Waals surface area contributed by atoms with Gasteiger partial charge in [0.2, 0.25) is 0 Å². The van der Waals surface area contributed by atoms with Gasteiger partial charge >= 0.3 is 265 Å². The molecule has 0 spiro atoms. The summed E-state index contributed by atoms with van der Waals surface area (Å²) in [5.74, 6) is -15.4. The fourth-order valence-electron chi connectivity index (χ4n) is 5.31. The average Bonchev–Trinajstić information content (AvgIpc) is 3.20. The van der Waals surface area contributed by atoms with Crippen molar-refractivity contribution >= 4 is 81.2 Å². The molecule has 6 nitrogen and oxygen atoms in total. The van der Waals surface area contributed by atoms with E-state index >= 15 is 0 Å². The monoisotopic (exact) mass is 1060 g/mol. The molecule has 0 aliphatic rings. The van der Waals surface area contributed by atoms with Gasteiger partial charge in [-0.25, -0.2) is 16.8 Å². The van der Waals surface area contributed by atoms with Gasteiger partial charge in [0.05, 0.1) is 0 Å². The van der Waals surface area contributed by atoms with Crippen LogP contribution in [0.2, 0.25) is 0 Å². The second kappa shape index (κ2) is 19.5. The van der Waals surface area contributed by atoms with E-state index in [1.807, 2.05) is 0 Å². The van der Waals surface area contributed by atoms with Gasteiger partial charge in [-0.3, -0.25) is 0 Å². The second-order valence-electron chi connectivity index (χ2n) is 12.0. The molecule has 302 valence electrons. The molecule has 0 heterocycles. The molecule has 0 N–H and O–H groups in total. The van der Waals surface area contributed by atoms with Crippen LogP contribution in [0.5, 0.6) is 0 Å². The van der Waals surface area contributed by atoms with Crippen LogP contribution in [0.1, 0.15) is 0 Å². The molecule has 0 atom stereocenters. The maximum atomic E-state index is 12.5. The molecular formula is C40H30F8O6S2Sn2. The van der Waals surface area contributed by atoms with Crippen LogP contribution in [-0.2, 0) is 20.2 Å². The Bertz CT molecular complexity index is 2050. The van der Waals surface area contributed by atoms with Crippen molar-refractivity contribution < 1.29 is 61.1 Å². The van der Waals surface area contributed by atoms with Crippen LogP contribution in [0.25, 0.3) is 0 Å². The number of hydrogen-bond donors (Lipinski definition) is 0. The Morgan fingerprint density at radius 2 is 0.448 bits per heavy atom. The molecule has 0 saturated carbocycles. The van der Waals surface area contributed by atoms with Gasteiger partial charge in [0.1, 0.15) is 0 Å². The van der Waals surface area contributed by atoms with Gasteiger partial charge in [0.25, 0.3) is 0 Å². The first-order valence-electron chi connectivity index (χ1n) is 16.6. The number of benzene rings is 6. The predicted octanol–water partition coefficient (Wildman–Crippen LogP) is 4.94. The summed E-state index contributed by atoms with van der Waals surface area (Å²) < 4.78 is 167. The van der Waals surface area contributed by atoms with E-state index < -0.39 is 82.1 Å². The number of alkyl halides is 8. The minimum absolute atomic E-state index is 1.53. The Labute approximate surface area is 344 Å². The zero-order valence-electron chi connectivity index (χ0n) is 29.6. The van der Waals surface area contributed by atoms with E-state index in [9.17, 15) is 61.1 Å². The predicted molar refractivity (Wildman–Crippen MR) is 207 cm³/mol. The summed E-state index contributed by atoms with van der Waals surface area (Å²) >= 11 is -3.96. The van der Waals surface area contributed by atoms with E-state index in [-0.39, 0.29) is 0 Å². The van der Waals surface area contributed by atoms with Gasteiger partial charge < -0.3 is 9.11 Å². The molecule has 0 fully saturated rings. The normalized spacial score (nSPS) is 12.2. The fraction of sp³-hybridized carbons (Fsp3) is 0.100. The molecule has 0 saturated heterocycles. The summed E-state index contributed by atoms with van der Waals surface area (Å²) in [5.41, 5.74) is 0. The molecule has 0 amide bonds. The molecule has 0 radical (unpaired) electrons. The van der Waals surface area contributed by atoms with E-state index in [1.165, 1.54) is 21.5 Å². The summed E-state index contributed by atoms with van der Waals surface area (Å²) in [4.78, 5) is 0. The molecule has 0 aliphatic heterocycles. The van der Waals surface area contributed by atoms with Crippen molar-refractivity contribution in [2.75, 3.05) is 0 Å². The molecule has 6 rings (SSSR count). The van der Waals surface area contributed by atoms with E-state index in [2.05, 4.69) is 182 Å². The third kappa shape index (κ3) is 10.7. The van der Waals surface area contributed by atoms with E-state index in [0.717, 1.165) is 0 Å². The third-order valence-electron chi connectivity index (χ3n) is 8.13. The first-order valence-corrected chi connectivity index (χ1v) is 28.0. The number of hydrogen-bond acceptors (Lipinski definition) is 6. The van der Waals surface area contributed by atoms with Crippen LogP contribution in [-0.4, -0.2) is 87.8 Å². The van der Waals surface area contributed by atoms with Crippen LogP contribution in [0, 0.1) is 0 Å². The SMILES string of the molecule is O=S(=O)([O-])C(F)(F)C(F)(F)C(F)(F)C(F)(F)S(=O)(=O)[O-].c1cc[c]([Sn+]([c]2ccccc2)[c]2ccccc2)cc1.c1cc[c]([Sn+]([c]2ccccc2)[c]2ccccc2)cc1. The number of rotatable bonds is 11. The fourth-order valence-corrected chi connectivity index (χ4v) is 20.9. The van der Waals surface area contributed by atoms with Crippen molar-refractivity contribution in [3.8, 4) is 0 Å². The quantitative estimate of drug-likeness (QED) is 0.103. The first kappa shape index (κ1) is 46.9. The molecule has 0 aromatic heterocycles.